The van der Waals surface area contributed by atoms with Gasteiger partial charge >= 0.3 is 0 Å². The van der Waals surface area contributed by atoms with Crippen molar-refractivity contribution in [2.45, 2.75) is 39.8 Å². The van der Waals surface area contributed by atoms with Crippen LogP contribution in [-0.2, 0) is 9.53 Å². The number of carbonyl (C=O) groups is 1. The third-order valence-corrected chi connectivity index (χ3v) is 2.86. The molecular formula is C12H25ClN2O2. The maximum Gasteiger partial charge on any atom is 0.242 e. The van der Waals surface area contributed by atoms with Gasteiger partial charge in [-0.2, -0.15) is 0 Å². The number of carbonyl (C=O) groups excluding carboxylic acids is 1. The van der Waals surface area contributed by atoms with E-state index in [-0.39, 0.29) is 30.5 Å². The number of morpholine rings is 1. The van der Waals surface area contributed by atoms with E-state index >= 15 is 0 Å². The van der Waals surface area contributed by atoms with Gasteiger partial charge in [-0.3, -0.25) is 4.79 Å². The van der Waals surface area contributed by atoms with E-state index in [2.05, 4.69) is 19.2 Å². The van der Waals surface area contributed by atoms with Gasteiger partial charge in [0.1, 0.15) is 6.04 Å². The van der Waals surface area contributed by atoms with E-state index in [4.69, 9.17) is 4.74 Å². The van der Waals surface area contributed by atoms with Gasteiger partial charge in [0, 0.05) is 19.6 Å². The summed E-state index contributed by atoms with van der Waals surface area (Å²) in [6, 6.07) is -0.174. The fourth-order valence-corrected chi connectivity index (χ4v) is 2.02. The van der Waals surface area contributed by atoms with Gasteiger partial charge < -0.3 is 15.0 Å². The molecular weight excluding hydrogens is 240 g/mol. The van der Waals surface area contributed by atoms with Crippen molar-refractivity contribution in [2.24, 2.45) is 5.92 Å². The molecule has 0 aromatic rings. The molecule has 1 heterocycles. The molecule has 0 radical (unpaired) electrons. The number of nitrogens with one attached hydrogen (secondary N) is 1. The summed E-state index contributed by atoms with van der Waals surface area (Å²) in [6.45, 7) is 11.3. The van der Waals surface area contributed by atoms with Gasteiger partial charge in [0.05, 0.1) is 12.7 Å². The molecule has 102 valence electrons. The normalized spacial score (nSPS) is 24.3. The molecule has 1 aliphatic heterocycles. The van der Waals surface area contributed by atoms with Gasteiger partial charge in [-0.25, -0.2) is 0 Å². The summed E-state index contributed by atoms with van der Waals surface area (Å²) < 4.78 is 5.50. The van der Waals surface area contributed by atoms with Crippen molar-refractivity contribution < 1.29 is 9.53 Å². The van der Waals surface area contributed by atoms with E-state index in [0.717, 1.165) is 19.6 Å². The first-order chi connectivity index (χ1) is 7.56. The molecule has 1 amide bonds. The molecule has 0 bridgehead atoms. The number of nitrogens with zero attached hydrogens (tertiary/aromatic N) is 1. The second-order valence-corrected chi connectivity index (χ2v) is 4.78. The Morgan fingerprint density at radius 2 is 2.18 bits per heavy atom. The molecule has 0 saturated carbocycles. The quantitative estimate of drug-likeness (QED) is 0.832. The average Bonchev–Trinajstić information content (AvgIpc) is 2.25. The SMILES string of the molecule is CCN(CC(C)C)C(=O)[C@H]1NCCO[C@@H]1C.Cl. The van der Waals surface area contributed by atoms with Crippen LogP contribution in [0, 0.1) is 5.92 Å². The summed E-state index contributed by atoms with van der Waals surface area (Å²) in [5, 5.41) is 3.24. The first-order valence-corrected chi connectivity index (χ1v) is 6.20. The number of hydrogen-bond acceptors (Lipinski definition) is 3. The Bertz CT molecular complexity index is 237. The lowest BCUT2D eigenvalue weighted by atomic mass is 10.1. The Morgan fingerprint density at radius 1 is 1.53 bits per heavy atom. The van der Waals surface area contributed by atoms with Crippen LogP contribution in [0.1, 0.15) is 27.7 Å². The molecule has 1 rings (SSSR count). The second kappa shape index (κ2) is 7.90. The van der Waals surface area contributed by atoms with Gasteiger partial charge in [0.15, 0.2) is 0 Å². The highest BCUT2D eigenvalue weighted by Gasteiger charge is 2.31. The molecule has 0 spiro atoms. The van der Waals surface area contributed by atoms with Crippen molar-refractivity contribution in [3.8, 4) is 0 Å². The van der Waals surface area contributed by atoms with Crippen LogP contribution in [0.5, 0.6) is 0 Å². The standard InChI is InChI=1S/C12H24N2O2.ClH/c1-5-14(8-9(2)3)12(15)11-10(4)16-7-6-13-11;/h9-11,13H,5-8H2,1-4H3;1H/t10-,11+;/m1./s1. The van der Waals surface area contributed by atoms with E-state index in [1.807, 2.05) is 18.7 Å². The van der Waals surface area contributed by atoms with Crippen molar-refractivity contribution in [3.05, 3.63) is 0 Å². The molecule has 0 aliphatic carbocycles. The Labute approximate surface area is 110 Å². The van der Waals surface area contributed by atoms with Crippen molar-refractivity contribution in [1.82, 2.24) is 10.2 Å². The number of likely N-dealkylation sites (N-methyl/N-ethyl adjacent to an activating group) is 1. The van der Waals surface area contributed by atoms with Crippen LogP contribution in [0.3, 0.4) is 0 Å². The lowest BCUT2D eigenvalue weighted by Crippen LogP contribution is -2.56. The smallest absolute Gasteiger partial charge is 0.242 e. The lowest BCUT2D eigenvalue weighted by molar-refractivity contribution is -0.139. The highest BCUT2D eigenvalue weighted by Crippen LogP contribution is 2.09. The Hall–Kier alpha value is -0.320. The van der Waals surface area contributed by atoms with Gasteiger partial charge in [-0.15, -0.1) is 12.4 Å². The molecule has 1 aliphatic rings. The zero-order valence-corrected chi connectivity index (χ0v) is 12.0. The second-order valence-electron chi connectivity index (χ2n) is 4.78. The predicted octanol–water partition coefficient (Wildman–Crippen LogP) is 1.29. The number of rotatable bonds is 4. The molecule has 4 nitrogen and oxygen atoms in total. The predicted molar refractivity (Wildman–Crippen MR) is 71.5 cm³/mol. The third kappa shape index (κ3) is 4.82. The van der Waals surface area contributed by atoms with Gasteiger partial charge in [-0.1, -0.05) is 13.8 Å². The molecule has 1 fully saturated rings. The highest BCUT2D eigenvalue weighted by molar-refractivity contribution is 5.85. The number of hydrogen-bond donors (Lipinski definition) is 1. The molecule has 0 aromatic heterocycles. The van der Waals surface area contributed by atoms with Crippen molar-refractivity contribution >= 4 is 18.3 Å². The fraction of sp³-hybridized carbons (Fsp3) is 0.917. The zero-order chi connectivity index (χ0) is 12.1. The van der Waals surface area contributed by atoms with E-state index in [9.17, 15) is 4.79 Å². The third-order valence-electron chi connectivity index (χ3n) is 2.86. The molecule has 5 heteroatoms. The Kier molecular flexibility index (Phi) is 7.75. The van der Waals surface area contributed by atoms with Gasteiger partial charge in [-0.05, 0) is 19.8 Å². The molecule has 1 saturated heterocycles. The maximum atomic E-state index is 12.3. The van der Waals surface area contributed by atoms with Crippen molar-refractivity contribution in [2.75, 3.05) is 26.2 Å². The van der Waals surface area contributed by atoms with Crippen LogP contribution in [0.2, 0.25) is 0 Å². The van der Waals surface area contributed by atoms with Crippen LogP contribution in [0.25, 0.3) is 0 Å². The van der Waals surface area contributed by atoms with E-state index in [0.29, 0.717) is 12.5 Å². The highest BCUT2D eigenvalue weighted by atomic mass is 35.5. The van der Waals surface area contributed by atoms with Crippen LogP contribution in [-0.4, -0.2) is 49.2 Å². The molecule has 1 N–H and O–H groups in total. The molecule has 17 heavy (non-hydrogen) atoms. The summed E-state index contributed by atoms with van der Waals surface area (Å²) in [6.07, 6.45) is -0.0255. The van der Waals surface area contributed by atoms with Gasteiger partial charge in [0.2, 0.25) is 5.91 Å². The van der Waals surface area contributed by atoms with E-state index in [1.54, 1.807) is 0 Å². The number of amides is 1. The Balaban J connectivity index is 0.00000256. The maximum absolute atomic E-state index is 12.3. The van der Waals surface area contributed by atoms with Crippen LogP contribution in [0.15, 0.2) is 0 Å². The van der Waals surface area contributed by atoms with E-state index < -0.39 is 0 Å². The average molecular weight is 265 g/mol. The zero-order valence-electron chi connectivity index (χ0n) is 11.2. The minimum absolute atomic E-state index is 0. The Morgan fingerprint density at radius 3 is 2.65 bits per heavy atom. The topological polar surface area (TPSA) is 41.6 Å². The lowest BCUT2D eigenvalue weighted by Gasteiger charge is -2.34. The number of ether oxygens (including phenoxy) is 1. The largest absolute Gasteiger partial charge is 0.375 e. The van der Waals surface area contributed by atoms with Crippen LogP contribution in [0.4, 0.5) is 0 Å². The summed E-state index contributed by atoms with van der Waals surface area (Å²) in [5.41, 5.74) is 0. The molecule has 0 unspecified atom stereocenters. The minimum Gasteiger partial charge on any atom is -0.375 e. The molecule has 2 atom stereocenters. The van der Waals surface area contributed by atoms with Crippen LogP contribution < -0.4 is 5.32 Å². The summed E-state index contributed by atoms with van der Waals surface area (Å²) in [7, 11) is 0. The van der Waals surface area contributed by atoms with Crippen molar-refractivity contribution in [3.63, 3.8) is 0 Å². The number of halogens is 1. The summed E-state index contributed by atoms with van der Waals surface area (Å²) in [5.74, 6) is 0.673. The van der Waals surface area contributed by atoms with E-state index in [1.165, 1.54) is 0 Å². The summed E-state index contributed by atoms with van der Waals surface area (Å²) >= 11 is 0. The van der Waals surface area contributed by atoms with Gasteiger partial charge in [0.25, 0.3) is 0 Å². The first kappa shape index (κ1) is 16.7. The summed E-state index contributed by atoms with van der Waals surface area (Å²) in [4.78, 5) is 14.2. The first-order valence-electron chi connectivity index (χ1n) is 6.20. The van der Waals surface area contributed by atoms with Crippen molar-refractivity contribution in [1.29, 1.82) is 0 Å². The van der Waals surface area contributed by atoms with Crippen LogP contribution >= 0.6 is 12.4 Å². The minimum atomic E-state index is -0.174. The fourth-order valence-electron chi connectivity index (χ4n) is 2.02. The monoisotopic (exact) mass is 264 g/mol. The molecule has 0 aromatic carbocycles.